The Balaban J connectivity index is 0.747. The Morgan fingerprint density at radius 1 is 0.910 bits per heavy atom. The highest BCUT2D eigenvalue weighted by molar-refractivity contribution is 6.25. The number of aromatic nitrogens is 2. The van der Waals surface area contributed by atoms with E-state index in [1.54, 1.807) is 60.2 Å². The number of amidine groups is 1. The van der Waals surface area contributed by atoms with E-state index in [0.717, 1.165) is 106 Å². The molecule has 6 aliphatic rings. The zero-order chi connectivity index (χ0) is 46.9. The molecule has 1 aromatic heterocycles. The highest BCUT2D eigenvalue weighted by Crippen LogP contribution is 2.40. The lowest BCUT2D eigenvalue weighted by atomic mass is 9.92. The molecule has 0 spiro atoms. The van der Waals surface area contributed by atoms with Crippen LogP contribution in [0.25, 0.3) is 11.1 Å². The van der Waals surface area contributed by atoms with Crippen LogP contribution < -0.4 is 20.9 Å². The summed E-state index contributed by atoms with van der Waals surface area (Å²) in [7, 11) is 1.76. The molecular formula is C49H61F2N11O5. The molecular weight excluding hydrogens is 861 g/mol. The van der Waals surface area contributed by atoms with Crippen LogP contribution in [-0.2, 0) is 27.9 Å². The van der Waals surface area contributed by atoms with Gasteiger partial charge in [-0.3, -0.25) is 44.3 Å². The average molecular weight is 922 g/mol. The van der Waals surface area contributed by atoms with Crippen LogP contribution in [0.2, 0.25) is 0 Å². The van der Waals surface area contributed by atoms with Gasteiger partial charge in [0.1, 0.15) is 11.9 Å². The minimum absolute atomic E-state index is 0.0498. The second-order valence-electron chi connectivity index (χ2n) is 19.0. The molecule has 3 saturated heterocycles. The van der Waals surface area contributed by atoms with E-state index in [1.807, 2.05) is 11.0 Å². The lowest BCUT2D eigenvalue weighted by Crippen LogP contribution is -2.54. The minimum Gasteiger partial charge on any atom is -0.385 e. The molecule has 356 valence electrons. The number of anilines is 2. The third-order valence-corrected chi connectivity index (χ3v) is 14.6. The monoisotopic (exact) mass is 921 g/mol. The first-order chi connectivity index (χ1) is 32.3. The summed E-state index contributed by atoms with van der Waals surface area (Å²) < 4.78 is 30.8. The molecule has 5 amide bonds. The molecule has 3 aromatic rings. The Morgan fingerprint density at radius 2 is 1.66 bits per heavy atom. The number of carbonyl (C=O) groups excluding carboxylic acids is 5. The van der Waals surface area contributed by atoms with E-state index in [0.29, 0.717) is 61.0 Å². The van der Waals surface area contributed by atoms with Gasteiger partial charge in [0.25, 0.3) is 18.2 Å². The molecule has 1 unspecified atom stereocenters. The van der Waals surface area contributed by atoms with Gasteiger partial charge < -0.3 is 30.2 Å². The first kappa shape index (κ1) is 46.1. The fraction of sp³-hybridized carbons (Fsp3) is 0.531. The van der Waals surface area contributed by atoms with Crippen molar-refractivity contribution in [3.05, 3.63) is 76.2 Å². The molecule has 1 atom stereocenters. The van der Waals surface area contributed by atoms with Crippen molar-refractivity contribution in [1.82, 2.24) is 40.0 Å². The number of fused-ring (bicyclic) bond motifs is 2. The topological polar surface area (TPSA) is 179 Å². The van der Waals surface area contributed by atoms with Gasteiger partial charge in [0.05, 0.1) is 23.9 Å². The van der Waals surface area contributed by atoms with Gasteiger partial charge in [0.15, 0.2) is 0 Å². The van der Waals surface area contributed by atoms with Crippen LogP contribution in [0, 0.1) is 11.3 Å². The number of likely N-dealkylation sites (tertiary alicyclic amines) is 2. The fourth-order valence-corrected chi connectivity index (χ4v) is 10.8. The number of aryl methyl sites for hydroxylation is 2. The van der Waals surface area contributed by atoms with Gasteiger partial charge in [0.2, 0.25) is 17.7 Å². The zero-order valence-corrected chi connectivity index (χ0v) is 38.4. The molecule has 3 fully saturated rings. The normalized spacial score (nSPS) is 21.3. The van der Waals surface area contributed by atoms with Crippen LogP contribution in [0.5, 0.6) is 0 Å². The third-order valence-electron chi connectivity index (χ3n) is 14.6. The number of hydrogen-bond acceptors (Lipinski definition) is 11. The predicted octanol–water partition coefficient (Wildman–Crippen LogP) is 4.93. The average Bonchev–Trinajstić information content (AvgIpc) is 3.87. The van der Waals surface area contributed by atoms with Crippen molar-refractivity contribution in [3.63, 3.8) is 0 Å². The van der Waals surface area contributed by atoms with E-state index >= 15 is 0 Å². The van der Waals surface area contributed by atoms with Gasteiger partial charge in [-0.1, -0.05) is 6.07 Å². The maximum atomic E-state index is 14.6. The van der Waals surface area contributed by atoms with Gasteiger partial charge in [-0.2, -0.15) is 5.10 Å². The predicted molar refractivity (Wildman–Crippen MR) is 249 cm³/mol. The number of imide groups is 2. The number of nitrogens with one attached hydrogen (secondary N) is 4. The molecule has 6 aliphatic heterocycles. The summed E-state index contributed by atoms with van der Waals surface area (Å²) >= 11 is 0. The van der Waals surface area contributed by atoms with Crippen molar-refractivity contribution < 1.29 is 32.8 Å². The molecule has 67 heavy (non-hydrogen) atoms. The van der Waals surface area contributed by atoms with Crippen molar-refractivity contribution in [2.24, 2.45) is 13.0 Å². The first-order valence-corrected chi connectivity index (χ1v) is 23.9. The van der Waals surface area contributed by atoms with Gasteiger partial charge in [-0.25, -0.2) is 8.78 Å². The van der Waals surface area contributed by atoms with Crippen molar-refractivity contribution in [1.29, 1.82) is 5.41 Å². The maximum Gasteiger partial charge on any atom is 0.264 e. The van der Waals surface area contributed by atoms with E-state index in [-0.39, 0.29) is 47.3 Å². The molecule has 18 heteroatoms. The Labute approximate surface area is 389 Å². The number of piperidine rings is 3. The van der Waals surface area contributed by atoms with Gasteiger partial charge >= 0.3 is 0 Å². The molecule has 0 bridgehead atoms. The van der Waals surface area contributed by atoms with Crippen molar-refractivity contribution >= 4 is 46.7 Å². The maximum absolute atomic E-state index is 14.6. The molecule has 4 N–H and O–H groups in total. The van der Waals surface area contributed by atoms with Crippen molar-refractivity contribution in [3.8, 4) is 11.1 Å². The first-order valence-electron chi connectivity index (χ1n) is 23.9. The molecule has 0 aliphatic carbocycles. The van der Waals surface area contributed by atoms with E-state index in [1.165, 1.54) is 0 Å². The number of rotatable bonds is 13. The van der Waals surface area contributed by atoms with Gasteiger partial charge in [-0.15, -0.1) is 0 Å². The Kier molecular flexibility index (Phi) is 13.5. The largest absolute Gasteiger partial charge is 0.385 e. The molecule has 16 nitrogen and oxygen atoms in total. The summed E-state index contributed by atoms with van der Waals surface area (Å²) in [6.45, 7) is 9.55. The van der Waals surface area contributed by atoms with Crippen LogP contribution in [0.4, 0.5) is 20.2 Å². The van der Waals surface area contributed by atoms with Crippen LogP contribution in [-0.4, -0.2) is 142 Å². The molecule has 0 radical (unpaired) electrons. The SMILES string of the molecule is CC(=O)N1CCC(NC2CCN(CCCN3CCC(CNc4cccc5c4C(=O)N(C4CCC(=O)NC4=O)C5=O)CC3)CC2)=C(C(=N)N2CCCc3cc(-c4cnn(C)c4)c(C(F)F)cc32)C1. The van der Waals surface area contributed by atoms with Crippen molar-refractivity contribution in [2.45, 2.75) is 89.6 Å². The summed E-state index contributed by atoms with van der Waals surface area (Å²) in [4.78, 5) is 73.3. The lowest BCUT2D eigenvalue weighted by Gasteiger charge is -2.39. The van der Waals surface area contributed by atoms with Crippen LogP contribution >= 0.6 is 0 Å². The lowest BCUT2D eigenvalue weighted by molar-refractivity contribution is -0.136. The summed E-state index contributed by atoms with van der Waals surface area (Å²) in [5.41, 5.74) is 5.46. The van der Waals surface area contributed by atoms with Crippen LogP contribution in [0.3, 0.4) is 0 Å². The molecule has 7 heterocycles. The smallest absolute Gasteiger partial charge is 0.264 e. The Hall–Kier alpha value is -6.01. The summed E-state index contributed by atoms with van der Waals surface area (Å²) in [5, 5.41) is 23.3. The summed E-state index contributed by atoms with van der Waals surface area (Å²) in [6, 6.07) is 7.80. The number of hydrogen-bond donors (Lipinski definition) is 4. The zero-order valence-electron chi connectivity index (χ0n) is 38.4. The Morgan fingerprint density at radius 3 is 2.34 bits per heavy atom. The number of nitrogens with zero attached hydrogens (tertiary/aromatic N) is 7. The number of halogens is 2. The van der Waals surface area contributed by atoms with Gasteiger partial charge in [-0.05, 0) is 119 Å². The molecule has 9 rings (SSSR count). The number of amides is 5. The molecule has 2 aromatic carbocycles. The highest BCUT2D eigenvalue weighted by Gasteiger charge is 2.46. The minimum atomic E-state index is -2.70. The second-order valence-corrected chi connectivity index (χ2v) is 19.0. The van der Waals surface area contributed by atoms with Crippen LogP contribution in [0.15, 0.2) is 54.0 Å². The number of benzene rings is 2. The fourth-order valence-electron chi connectivity index (χ4n) is 10.8. The quantitative estimate of drug-likeness (QED) is 0.104. The second kappa shape index (κ2) is 19.7. The Bertz CT molecular complexity index is 2470. The summed E-state index contributed by atoms with van der Waals surface area (Å²) in [6.07, 6.45) is 7.97. The van der Waals surface area contributed by atoms with Gasteiger partial charge in [0, 0.05) is 106 Å². The van der Waals surface area contributed by atoms with E-state index < -0.39 is 36.1 Å². The standard InChI is InChI=1S/C49H61F2N11O5/c1-30(63)60-23-15-39(38(29-60)46(52)61-18-4-6-32-24-36(33-27-54-57(2)28-33)37(45(50)51)25-42(32)61)55-34-13-21-59(22-14-34)17-5-16-58-19-11-31(12-20-58)26-53-40-8-3-7-35-44(40)49(67)62(48(35)66)41-9-10-43(64)56-47(41)65/h3,7-8,24-25,27-28,31,34,41,45,52-53,55H,4-6,9-23,26,29H2,1-2H3,(H,56,64,65). The van der Waals surface area contributed by atoms with E-state index in [4.69, 9.17) is 0 Å². The summed E-state index contributed by atoms with van der Waals surface area (Å²) in [5.74, 6) is -1.41. The van der Waals surface area contributed by atoms with Crippen molar-refractivity contribution in [2.75, 3.05) is 75.7 Å². The highest BCUT2D eigenvalue weighted by atomic mass is 19.3. The van der Waals surface area contributed by atoms with E-state index in [9.17, 15) is 38.2 Å². The van der Waals surface area contributed by atoms with E-state index in [2.05, 4.69) is 30.8 Å². The van der Waals surface area contributed by atoms with Crippen LogP contribution in [0.1, 0.15) is 103 Å². The number of alkyl halides is 2. The molecule has 0 saturated carbocycles. The number of carbonyl (C=O) groups is 5. The third kappa shape index (κ3) is 9.73.